The summed E-state index contributed by atoms with van der Waals surface area (Å²) in [6, 6.07) is 6.43. The Morgan fingerprint density at radius 1 is 1.29 bits per heavy atom. The Kier molecular flexibility index (Phi) is 8.23. The van der Waals surface area contributed by atoms with Gasteiger partial charge in [0.2, 0.25) is 5.91 Å². The lowest BCUT2D eigenvalue weighted by Gasteiger charge is -2.40. The van der Waals surface area contributed by atoms with Crippen molar-refractivity contribution in [2.45, 2.75) is 51.6 Å². The van der Waals surface area contributed by atoms with Crippen LogP contribution < -0.4 is 21.1 Å². The first-order valence-corrected chi connectivity index (χ1v) is 12.8. The highest BCUT2D eigenvalue weighted by Gasteiger charge is 2.33. The SMILES string of the molecule is CNc1cc(-c2c[nH]c(=O)c(N(CC3CC3)[C@@H]3CCCN(C(=O)C=CCNC(C)C)C3)c2)ccn1. The van der Waals surface area contributed by atoms with Gasteiger partial charge in [-0.1, -0.05) is 19.9 Å². The van der Waals surface area contributed by atoms with Gasteiger partial charge in [0.05, 0.1) is 0 Å². The number of aromatic nitrogens is 2. The molecule has 1 amide bonds. The number of carbonyl (C=O) groups is 1. The highest BCUT2D eigenvalue weighted by atomic mass is 16.2. The van der Waals surface area contributed by atoms with E-state index in [0.29, 0.717) is 30.7 Å². The van der Waals surface area contributed by atoms with E-state index in [1.165, 1.54) is 12.8 Å². The van der Waals surface area contributed by atoms with Gasteiger partial charge in [0.1, 0.15) is 11.5 Å². The van der Waals surface area contributed by atoms with E-state index in [9.17, 15) is 9.59 Å². The van der Waals surface area contributed by atoms with Gasteiger partial charge in [-0.3, -0.25) is 9.59 Å². The molecule has 1 saturated carbocycles. The number of nitrogens with one attached hydrogen (secondary N) is 3. The minimum Gasteiger partial charge on any atom is -0.373 e. The molecule has 4 rings (SSSR count). The molecule has 35 heavy (non-hydrogen) atoms. The van der Waals surface area contributed by atoms with Gasteiger partial charge in [0.15, 0.2) is 0 Å². The molecule has 2 fully saturated rings. The molecular weight excluding hydrogens is 440 g/mol. The lowest BCUT2D eigenvalue weighted by molar-refractivity contribution is -0.127. The third-order valence-corrected chi connectivity index (χ3v) is 6.75. The molecule has 0 bridgehead atoms. The Hall–Kier alpha value is -3.13. The van der Waals surface area contributed by atoms with Crippen LogP contribution in [0.1, 0.15) is 39.5 Å². The maximum atomic E-state index is 13.0. The molecule has 8 heteroatoms. The van der Waals surface area contributed by atoms with Crippen molar-refractivity contribution >= 4 is 17.4 Å². The fourth-order valence-electron chi connectivity index (χ4n) is 4.60. The van der Waals surface area contributed by atoms with E-state index >= 15 is 0 Å². The number of H-pyrrole nitrogens is 1. The maximum Gasteiger partial charge on any atom is 0.271 e. The lowest BCUT2D eigenvalue weighted by Crippen LogP contribution is -2.51. The smallest absolute Gasteiger partial charge is 0.271 e. The normalized spacial score (nSPS) is 18.3. The molecule has 2 aromatic heterocycles. The van der Waals surface area contributed by atoms with Gasteiger partial charge in [0, 0.05) is 69.3 Å². The molecule has 1 saturated heterocycles. The zero-order chi connectivity index (χ0) is 24.8. The molecule has 1 aliphatic carbocycles. The summed E-state index contributed by atoms with van der Waals surface area (Å²) in [5, 5.41) is 6.37. The summed E-state index contributed by atoms with van der Waals surface area (Å²) < 4.78 is 0. The van der Waals surface area contributed by atoms with E-state index in [0.717, 1.165) is 42.9 Å². The number of pyridine rings is 2. The number of amides is 1. The van der Waals surface area contributed by atoms with Gasteiger partial charge in [0.25, 0.3) is 5.56 Å². The molecule has 188 valence electrons. The number of piperidine rings is 1. The first kappa shape index (κ1) is 25.0. The van der Waals surface area contributed by atoms with Gasteiger partial charge in [-0.25, -0.2) is 4.98 Å². The number of rotatable bonds is 10. The summed E-state index contributed by atoms with van der Waals surface area (Å²) in [4.78, 5) is 37.4. The van der Waals surface area contributed by atoms with Crippen molar-refractivity contribution in [3.63, 3.8) is 0 Å². The molecule has 1 atom stereocenters. The zero-order valence-electron chi connectivity index (χ0n) is 21.1. The Labute approximate surface area is 207 Å². The van der Waals surface area contributed by atoms with E-state index in [1.807, 2.05) is 36.2 Å². The molecule has 8 nitrogen and oxygen atoms in total. The van der Waals surface area contributed by atoms with Crippen LogP contribution in [0.5, 0.6) is 0 Å². The molecule has 1 aliphatic heterocycles. The fourth-order valence-corrected chi connectivity index (χ4v) is 4.60. The predicted molar refractivity (Wildman–Crippen MR) is 142 cm³/mol. The predicted octanol–water partition coefficient (Wildman–Crippen LogP) is 3.24. The van der Waals surface area contributed by atoms with Gasteiger partial charge in [-0.2, -0.15) is 0 Å². The molecular formula is C27H38N6O2. The average Bonchev–Trinajstić information content (AvgIpc) is 3.70. The Bertz CT molecular complexity index is 1090. The van der Waals surface area contributed by atoms with Crippen molar-refractivity contribution in [3.05, 3.63) is 53.1 Å². The first-order chi connectivity index (χ1) is 16.9. The molecule has 3 heterocycles. The van der Waals surface area contributed by atoms with Crippen LogP contribution in [0.2, 0.25) is 0 Å². The molecule has 2 aromatic rings. The third-order valence-electron chi connectivity index (χ3n) is 6.75. The Morgan fingerprint density at radius 3 is 2.86 bits per heavy atom. The Morgan fingerprint density at radius 2 is 2.11 bits per heavy atom. The number of carbonyl (C=O) groups excluding carboxylic acids is 1. The van der Waals surface area contributed by atoms with Crippen molar-refractivity contribution in [2.75, 3.05) is 43.4 Å². The van der Waals surface area contributed by atoms with Crippen LogP contribution in [0, 0.1) is 5.92 Å². The summed E-state index contributed by atoms with van der Waals surface area (Å²) in [6.07, 6.45) is 11.4. The average molecular weight is 479 g/mol. The molecule has 0 spiro atoms. The second kappa shape index (κ2) is 11.5. The highest BCUT2D eigenvalue weighted by molar-refractivity contribution is 5.87. The molecule has 2 aliphatic rings. The summed E-state index contributed by atoms with van der Waals surface area (Å²) in [5.74, 6) is 1.44. The monoisotopic (exact) mass is 478 g/mol. The second-order valence-corrected chi connectivity index (χ2v) is 9.92. The fraction of sp³-hybridized carbons (Fsp3) is 0.519. The zero-order valence-corrected chi connectivity index (χ0v) is 21.1. The summed E-state index contributed by atoms with van der Waals surface area (Å²) >= 11 is 0. The minimum absolute atomic E-state index is 0.0469. The van der Waals surface area contributed by atoms with Gasteiger partial charge in [-0.15, -0.1) is 0 Å². The topological polar surface area (TPSA) is 93.4 Å². The molecule has 0 radical (unpaired) electrons. The van der Waals surface area contributed by atoms with E-state index in [1.54, 1.807) is 18.5 Å². The number of anilines is 2. The minimum atomic E-state index is -0.0830. The van der Waals surface area contributed by atoms with E-state index < -0.39 is 0 Å². The number of likely N-dealkylation sites (tertiary alicyclic amines) is 1. The van der Waals surface area contributed by atoms with Crippen LogP contribution >= 0.6 is 0 Å². The van der Waals surface area contributed by atoms with Gasteiger partial charge >= 0.3 is 0 Å². The van der Waals surface area contributed by atoms with Crippen LogP contribution in [-0.4, -0.2) is 66.1 Å². The van der Waals surface area contributed by atoms with Crippen LogP contribution in [0.25, 0.3) is 11.1 Å². The van der Waals surface area contributed by atoms with Crippen molar-refractivity contribution in [1.82, 2.24) is 20.2 Å². The van der Waals surface area contributed by atoms with Crippen LogP contribution in [0.4, 0.5) is 11.5 Å². The second-order valence-electron chi connectivity index (χ2n) is 9.92. The maximum absolute atomic E-state index is 13.0. The largest absolute Gasteiger partial charge is 0.373 e. The highest BCUT2D eigenvalue weighted by Crippen LogP contribution is 2.34. The Balaban J connectivity index is 1.55. The summed E-state index contributed by atoms with van der Waals surface area (Å²) in [7, 11) is 1.84. The molecule has 0 aromatic carbocycles. The van der Waals surface area contributed by atoms with E-state index in [2.05, 4.69) is 39.3 Å². The number of aromatic amines is 1. The molecule has 3 N–H and O–H groups in total. The molecule has 0 unspecified atom stereocenters. The van der Waals surface area contributed by atoms with Crippen molar-refractivity contribution in [3.8, 4) is 11.1 Å². The number of nitrogens with zero attached hydrogens (tertiary/aromatic N) is 3. The third kappa shape index (κ3) is 6.72. The first-order valence-electron chi connectivity index (χ1n) is 12.8. The van der Waals surface area contributed by atoms with Gasteiger partial charge in [-0.05, 0) is 55.4 Å². The summed E-state index contributed by atoms with van der Waals surface area (Å²) in [6.45, 7) is 7.10. The lowest BCUT2D eigenvalue weighted by atomic mass is 10.0. The van der Waals surface area contributed by atoms with Crippen LogP contribution in [0.15, 0.2) is 47.5 Å². The van der Waals surface area contributed by atoms with E-state index in [-0.39, 0.29) is 17.5 Å². The van der Waals surface area contributed by atoms with Crippen LogP contribution in [0.3, 0.4) is 0 Å². The number of hydrogen-bond donors (Lipinski definition) is 3. The van der Waals surface area contributed by atoms with Crippen LogP contribution in [-0.2, 0) is 4.79 Å². The van der Waals surface area contributed by atoms with E-state index in [4.69, 9.17) is 0 Å². The van der Waals surface area contributed by atoms with Crippen molar-refractivity contribution in [2.24, 2.45) is 5.92 Å². The van der Waals surface area contributed by atoms with Crippen molar-refractivity contribution < 1.29 is 4.79 Å². The quantitative estimate of drug-likeness (QED) is 0.454. The van der Waals surface area contributed by atoms with Crippen molar-refractivity contribution in [1.29, 1.82) is 0 Å². The summed E-state index contributed by atoms with van der Waals surface area (Å²) in [5.41, 5.74) is 2.55. The standard InChI is InChI=1S/C27H38N6O2/c1-19(2)29-11-4-7-26(34)32-13-5-6-23(18-32)33(17-20-8-9-20)24-14-22(16-31-27(24)35)21-10-12-30-25(15-21)28-3/h4,7,10,12,14-16,19-20,23,29H,5-6,8-9,11,13,17-18H2,1-3H3,(H,28,30)(H,31,35)/t23-/m1/s1. The van der Waals surface area contributed by atoms with Gasteiger partial charge < -0.3 is 25.4 Å². The number of hydrogen-bond acceptors (Lipinski definition) is 6.